The molecule has 0 aliphatic carbocycles. The summed E-state index contributed by atoms with van der Waals surface area (Å²) in [5, 5.41) is 11.8. The minimum Gasteiger partial charge on any atom is -0.493 e. The van der Waals surface area contributed by atoms with Crippen molar-refractivity contribution in [2.24, 2.45) is 0 Å². The Kier molecular flexibility index (Phi) is 6.67. The lowest BCUT2D eigenvalue weighted by molar-refractivity contribution is 0.287. The van der Waals surface area contributed by atoms with Gasteiger partial charge in [0.15, 0.2) is 11.5 Å². The molecule has 0 spiro atoms. The van der Waals surface area contributed by atoms with Gasteiger partial charge < -0.3 is 14.8 Å². The molecule has 1 aromatic rings. The zero-order chi connectivity index (χ0) is 13.2. The molecule has 0 atom stereocenters. The highest BCUT2D eigenvalue weighted by atomic mass is 16.5. The van der Waals surface area contributed by atoms with Gasteiger partial charge in [-0.3, -0.25) is 0 Å². The van der Waals surface area contributed by atoms with E-state index in [4.69, 9.17) is 14.7 Å². The topological polar surface area (TPSA) is 54.3 Å². The minimum atomic E-state index is 0.512. The Morgan fingerprint density at radius 3 is 2.89 bits per heavy atom. The predicted molar refractivity (Wildman–Crippen MR) is 70.7 cm³/mol. The quantitative estimate of drug-likeness (QED) is 0.718. The molecule has 0 heterocycles. The molecular weight excluding hydrogens is 228 g/mol. The lowest BCUT2D eigenvalue weighted by Crippen LogP contribution is -2.13. The van der Waals surface area contributed by atoms with E-state index in [1.165, 1.54) is 0 Å². The van der Waals surface area contributed by atoms with E-state index in [-0.39, 0.29) is 0 Å². The third-order valence-electron chi connectivity index (χ3n) is 2.53. The van der Waals surface area contributed by atoms with Gasteiger partial charge in [-0.05, 0) is 19.0 Å². The van der Waals surface area contributed by atoms with Crippen LogP contribution < -0.4 is 14.8 Å². The van der Waals surface area contributed by atoms with Crippen molar-refractivity contribution < 1.29 is 9.47 Å². The average molecular weight is 248 g/mol. The summed E-state index contributed by atoms with van der Waals surface area (Å²) in [6.45, 7) is 4.26. The highest BCUT2D eigenvalue weighted by Gasteiger charge is 2.09. The molecule has 18 heavy (non-hydrogen) atoms. The van der Waals surface area contributed by atoms with Crippen LogP contribution in [0.5, 0.6) is 11.5 Å². The van der Waals surface area contributed by atoms with E-state index < -0.39 is 0 Å². The third kappa shape index (κ3) is 4.27. The van der Waals surface area contributed by atoms with Crippen molar-refractivity contribution in [2.45, 2.75) is 26.3 Å². The number of hydrogen-bond acceptors (Lipinski definition) is 4. The summed E-state index contributed by atoms with van der Waals surface area (Å²) in [5.74, 6) is 1.52. The summed E-state index contributed by atoms with van der Waals surface area (Å²) >= 11 is 0. The lowest BCUT2D eigenvalue weighted by atomic mass is 10.2. The van der Waals surface area contributed by atoms with Crippen LogP contribution in [0.15, 0.2) is 18.2 Å². The Morgan fingerprint density at radius 1 is 1.39 bits per heavy atom. The number of benzene rings is 1. The smallest absolute Gasteiger partial charge is 0.165 e. The molecule has 0 saturated carbocycles. The predicted octanol–water partition coefficient (Wildman–Crippen LogP) is 2.49. The van der Waals surface area contributed by atoms with Crippen LogP contribution in [0, 0.1) is 11.3 Å². The van der Waals surface area contributed by atoms with Gasteiger partial charge in [0.25, 0.3) is 0 Å². The molecule has 0 bridgehead atoms. The first-order valence-corrected chi connectivity index (χ1v) is 6.19. The number of unbranched alkanes of at least 4 members (excludes halogenated alkanes) is 1. The van der Waals surface area contributed by atoms with E-state index in [1.807, 2.05) is 18.2 Å². The molecule has 1 aromatic carbocycles. The zero-order valence-electron chi connectivity index (χ0n) is 11.0. The summed E-state index contributed by atoms with van der Waals surface area (Å²) in [6.07, 6.45) is 1.24. The number of methoxy groups -OCH3 is 1. The standard InChI is InChI=1S/C14H20N2O2/c1-3-16-11-12-7-6-8-13(17-2)14(12)18-10-5-4-9-15/h6-8,16H,3-5,10-11H2,1-2H3. The number of para-hydroxylation sites is 1. The molecule has 0 fully saturated rings. The summed E-state index contributed by atoms with van der Waals surface area (Å²) in [7, 11) is 1.63. The van der Waals surface area contributed by atoms with Crippen LogP contribution in [0.1, 0.15) is 25.3 Å². The summed E-state index contributed by atoms with van der Waals surface area (Å²) < 4.78 is 11.0. The molecule has 0 unspecified atom stereocenters. The molecule has 0 radical (unpaired) electrons. The van der Waals surface area contributed by atoms with Crippen LogP contribution in [-0.4, -0.2) is 20.3 Å². The van der Waals surface area contributed by atoms with E-state index in [0.717, 1.165) is 36.6 Å². The number of hydrogen-bond donors (Lipinski definition) is 1. The van der Waals surface area contributed by atoms with Gasteiger partial charge >= 0.3 is 0 Å². The van der Waals surface area contributed by atoms with Crippen molar-refractivity contribution in [3.8, 4) is 17.6 Å². The third-order valence-corrected chi connectivity index (χ3v) is 2.53. The van der Waals surface area contributed by atoms with E-state index in [0.29, 0.717) is 13.0 Å². The molecule has 4 nitrogen and oxygen atoms in total. The van der Waals surface area contributed by atoms with Crippen molar-refractivity contribution in [3.63, 3.8) is 0 Å². The molecule has 0 aliphatic rings. The number of nitriles is 1. The van der Waals surface area contributed by atoms with E-state index in [9.17, 15) is 0 Å². The fourth-order valence-electron chi connectivity index (χ4n) is 1.61. The highest BCUT2D eigenvalue weighted by molar-refractivity contribution is 5.46. The Balaban J connectivity index is 2.73. The molecule has 0 aromatic heterocycles. The van der Waals surface area contributed by atoms with Gasteiger partial charge in [0.05, 0.1) is 19.8 Å². The average Bonchev–Trinajstić information content (AvgIpc) is 2.41. The second-order valence-corrected chi connectivity index (χ2v) is 3.84. The minimum absolute atomic E-state index is 0.512. The van der Waals surface area contributed by atoms with Crippen LogP contribution in [0.25, 0.3) is 0 Å². The molecular formula is C14H20N2O2. The number of rotatable bonds is 8. The maximum Gasteiger partial charge on any atom is 0.165 e. The van der Waals surface area contributed by atoms with Gasteiger partial charge in [0.2, 0.25) is 0 Å². The SMILES string of the molecule is CCNCc1cccc(OC)c1OCCCC#N. The van der Waals surface area contributed by atoms with Gasteiger partial charge in [-0.25, -0.2) is 0 Å². The summed E-state index contributed by atoms with van der Waals surface area (Å²) in [5.41, 5.74) is 1.08. The van der Waals surface area contributed by atoms with Crippen molar-refractivity contribution in [1.82, 2.24) is 5.32 Å². The highest BCUT2D eigenvalue weighted by Crippen LogP contribution is 2.31. The Morgan fingerprint density at radius 2 is 2.22 bits per heavy atom. The summed E-state index contributed by atoms with van der Waals surface area (Å²) in [6, 6.07) is 7.96. The second-order valence-electron chi connectivity index (χ2n) is 3.84. The van der Waals surface area contributed by atoms with Crippen LogP contribution in [-0.2, 0) is 6.54 Å². The molecule has 0 amide bonds. The Labute approximate surface area is 109 Å². The first-order chi connectivity index (χ1) is 8.83. The van der Waals surface area contributed by atoms with Crippen molar-refractivity contribution in [1.29, 1.82) is 5.26 Å². The zero-order valence-corrected chi connectivity index (χ0v) is 11.0. The number of nitrogens with one attached hydrogen (secondary N) is 1. The van der Waals surface area contributed by atoms with Gasteiger partial charge in [0.1, 0.15) is 0 Å². The van der Waals surface area contributed by atoms with E-state index in [1.54, 1.807) is 7.11 Å². The first kappa shape index (κ1) is 14.3. The summed E-state index contributed by atoms with van der Waals surface area (Å²) in [4.78, 5) is 0. The van der Waals surface area contributed by atoms with Crippen LogP contribution in [0.4, 0.5) is 0 Å². The van der Waals surface area contributed by atoms with Gasteiger partial charge in [0, 0.05) is 18.5 Å². The Hall–Kier alpha value is -1.73. The molecule has 1 rings (SSSR count). The van der Waals surface area contributed by atoms with E-state index >= 15 is 0 Å². The normalized spacial score (nSPS) is 9.83. The monoisotopic (exact) mass is 248 g/mol. The van der Waals surface area contributed by atoms with Crippen molar-refractivity contribution >= 4 is 0 Å². The van der Waals surface area contributed by atoms with Gasteiger partial charge in [-0.15, -0.1) is 0 Å². The van der Waals surface area contributed by atoms with Gasteiger partial charge in [-0.1, -0.05) is 19.1 Å². The van der Waals surface area contributed by atoms with E-state index in [2.05, 4.69) is 18.3 Å². The second kappa shape index (κ2) is 8.37. The Bertz CT molecular complexity index is 399. The fourth-order valence-corrected chi connectivity index (χ4v) is 1.61. The fraction of sp³-hybridized carbons (Fsp3) is 0.500. The van der Waals surface area contributed by atoms with Crippen molar-refractivity contribution in [3.05, 3.63) is 23.8 Å². The maximum absolute atomic E-state index is 8.49. The van der Waals surface area contributed by atoms with Crippen LogP contribution in [0.3, 0.4) is 0 Å². The largest absolute Gasteiger partial charge is 0.493 e. The maximum atomic E-state index is 8.49. The number of nitrogens with zero attached hydrogens (tertiary/aromatic N) is 1. The molecule has 1 N–H and O–H groups in total. The lowest BCUT2D eigenvalue weighted by Gasteiger charge is -2.15. The molecule has 0 saturated heterocycles. The van der Waals surface area contributed by atoms with Crippen LogP contribution in [0.2, 0.25) is 0 Å². The first-order valence-electron chi connectivity index (χ1n) is 6.19. The molecule has 98 valence electrons. The van der Waals surface area contributed by atoms with Gasteiger partial charge in [-0.2, -0.15) is 5.26 Å². The van der Waals surface area contributed by atoms with Crippen LogP contribution >= 0.6 is 0 Å². The van der Waals surface area contributed by atoms with Crippen molar-refractivity contribution in [2.75, 3.05) is 20.3 Å². The molecule has 4 heteroatoms. The number of ether oxygens (including phenoxy) is 2. The molecule has 0 aliphatic heterocycles.